The van der Waals surface area contributed by atoms with Gasteiger partial charge in [0.2, 0.25) is 0 Å². The average molecular weight is 311 g/mol. The molecule has 1 unspecified atom stereocenters. The largest absolute Gasteiger partial charge is 0.493 e. The number of halogens is 1. The van der Waals surface area contributed by atoms with Crippen LogP contribution in [0, 0.1) is 0 Å². The van der Waals surface area contributed by atoms with E-state index in [1.165, 1.54) is 19.3 Å². The van der Waals surface area contributed by atoms with Gasteiger partial charge in [-0.1, -0.05) is 36.6 Å². The first-order valence-corrected chi connectivity index (χ1v) is 7.84. The number of hydrogen-bond donors (Lipinski definition) is 1. The van der Waals surface area contributed by atoms with E-state index in [1.54, 1.807) is 20.3 Å². The van der Waals surface area contributed by atoms with Crippen LogP contribution in [0.15, 0.2) is 23.8 Å². The van der Waals surface area contributed by atoms with Gasteiger partial charge in [-0.2, -0.15) is 0 Å². The Morgan fingerprint density at radius 2 is 1.86 bits per heavy atom. The molecule has 0 fully saturated rings. The van der Waals surface area contributed by atoms with Crippen molar-refractivity contribution in [1.82, 2.24) is 0 Å². The van der Waals surface area contributed by atoms with Gasteiger partial charge < -0.3 is 14.6 Å². The number of allylic oxidation sites excluding steroid dienone is 1. The molecule has 2 rings (SSSR count). The molecule has 0 amide bonds. The molecular formula is C17H23ClO3. The van der Waals surface area contributed by atoms with E-state index in [0.29, 0.717) is 22.1 Å². The normalized spacial score (nSPS) is 19.9. The Morgan fingerprint density at radius 3 is 2.57 bits per heavy atom. The molecular weight excluding hydrogens is 288 g/mol. The third-order valence-electron chi connectivity index (χ3n) is 3.99. The van der Waals surface area contributed by atoms with Gasteiger partial charge in [0.05, 0.1) is 19.2 Å². The number of benzene rings is 1. The second-order valence-corrected chi connectivity index (χ2v) is 5.72. The summed E-state index contributed by atoms with van der Waals surface area (Å²) in [6.45, 7) is 0. The summed E-state index contributed by atoms with van der Waals surface area (Å²) in [5, 5.41) is 11.1. The van der Waals surface area contributed by atoms with E-state index in [-0.39, 0.29) is 0 Å². The first-order valence-electron chi connectivity index (χ1n) is 7.46. The average Bonchev–Trinajstić information content (AvgIpc) is 2.45. The molecule has 1 atom stereocenters. The molecule has 1 aliphatic carbocycles. The lowest BCUT2D eigenvalue weighted by molar-refractivity contribution is 0.208. The molecule has 3 nitrogen and oxygen atoms in total. The Labute approximate surface area is 131 Å². The lowest BCUT2D eigenvalue weighted by atomic mass is 9.92. The van der Waals surface area contributed by atoms with Gasteiger partial charge >= 0.3 is 0 Å². The van der Waals surface area contributed by atoms with Gasteiger partial charge in [0.25, 0.3) is 0 Å². The quantitative estimate of drug-likeness (QED) is 0.821. The zero-order valence-electron chi connectivity index (χ0n) is 12.7. The molecule has 21 heavy (non-hydrogen) atoms. The molecule has 1 aromatic carbocycles. The predicted octanol–water partition coefficient (Wildman–Crippen LogP) is 4.67. The zero-order valence-corrected chi connectivity index (χ0v) is 13.4. The number of aliphatic hydroxyl groups excluding tert-OH is 1. The Bertz CT molecular complexity index is 511. The molecule has 0 radical (unpaired) electrons. The summed E-state index contributed by atoms with van der Waals surface area (Å²) < 4.78 is 10.5. The van der Waals surface area contributed by atoms with Gasteiger partial charge in [0.1, 0.15) is 6.10 Å². The Hall–Kier alpha value is -1.19. The maximum absolute atomic E-state index is 10.7. The molecule has 0 spiro atoms. The van der Waals surface area contributed by atoms with Gasteiger partial charge in [-0.25, -0.2) is 0 Å². The van der Waals surface area contributed by atoms with Crippen molar-refractivity contribution in [3.05, 3.63) is 34.4 Å². The van der Waals surface area contributed by atoms with E-state index >= 15 is 0 Å². The van der Waals surface area contributed by atoms with E-state index < -0.39 is 6.10 Å². The molecule has 1 aromatic rings. The van der Waals surface area contributed by atoms with Crippen LogP contribution in [0.1, 0.15) is 50.2 Å². The number of aliphatic hydroxyl groups is 1. The maximum Gasteiger partial charge on any atom is 0.179 e. The Kier molecular flexibility index (Phi) is 5.95. The molecule has 1 aliphatic rings. The van der Waals surface area contributed by atoms with E-state index in [1.807, 2.05) is 6.07 Å². The van der Waals surface area contributed by atoms with Crippen LogP contribution in [0.2, 0.25) is 5.02 Å². The van der Waals surface area contributed by atoms with Gasteiger partial charge in [0, 0.05) is 5.56 Å². The van der Waals surface area contributed by atoms with Crippen molar-refractivity contribution in [3.8, 4) is 11.5 Å². The SMILES string of the molecule is COc1ccc(C(O)/C2=C/CCCCCC2)c(Cl)c1OC. The fourth-order valence-corrected chi connectivity index (χ4v) is 3.12. The number of hydrogen-bond acceptors (Lipinski definition) is 3. The van der Waals surface area contributed by atoms with E-state index in [4.69, 9.17) is 21.1 Å². The monoisotopic (exact) mass is 310 g/mol. The van der Waals surface area contributed by atoms with Crippen molar-refractivity contribution in [3.63, 3.8) is 0 Å². The van der Waals surface area contributed by atoms with Crippen LogP contribution in [-0.4, -0.2) is 19.3 Å². The van der Waals surface area contributed by atoms with Gasteiger partial charge in [-0.3, -0.25) is 0 Å². The minimum Gasteiger partial charge on any atom is -0.493 e. The maximum atomic E-state index is 10.7. The van der Waals surface area contributed by atoms with E-state index in [0.717, 1.165) is 24.8 Å². The van der Waals surface area contributed by atoms with Crippen LogP contribution in [0.5, 0.6) is 11.5 Å². The van der Waals surface area contributed by atoms with Gasteiger partial charge in [-0.15, -0.1) is 0 Å². The smallest absolute Gasteiger partial charge is 0.179 e. The van der Waals surface area contributed by atoms with E-state index in [9.17, 15) is 5.11 Å². The molecule has 0 heterocycles. The number of rotatable bonds is 4. The fourth-order valence-electron chi connectivity index (χ4n) is 2.78. The van der Waals surface area contributed by atoms with Crippen molar-refractivity contribution < 1.29 is 14.6 Å². The summed E-state index contributed by atoms with van der Waals surface area (Å²) in [6.07, 6.45) is 8.25. The summed E-state index contributed by atoms with van der Waals surface area (Å²) in [4.78, 5) is 0. The first-order chi connectivity index (χ1) is 10.2. The fraction of sp³-hybridized carbons (Fsp3) is 0.529. The third kappa shape index (κ3) is 3.72. The summed E-state index contributed by atoms with van der Waals surface area (Å²) >= 11 is 6.39. The summed E-state index contributed by atoms with van der Waals surface area (Å²) in [7, 11) is 3.12. The Morgan fingerprint density at radius 1 is 1.10 bits per heavy atom. The number of methoxy groups -OCH3 is 2. The molecule has 0 bridgehead atoms. The van der Waals surface area contributed by atoms with Crippen LogP contribution < -0.4 is 9.47 Å². The molecule has 4 heteroatoms. The number of ether oxygens (including phenoxy) is 2. The zero-order chi connectivity index (χ0) is 15.2. The third-order valence-corrected chi connectivity index (χ3v) is 4.38. The van der Waals surface area contributed by atoms with Crippen LogP contribution in [0.4, 0.5) is 0 Å². The van der Waals surface area contributed by atoms with Crippen LogP contribution in [0.3, 0.4) is 0 Å². The van der Waals surface area contributed by atoms with Crippen molar-refractivity contribution in [2.45, 2.75) is 44.6 Å². The minimum atomic E-state index is -0.671. The van der Waals surface area contributed by atoms with Gasteiger partial charge in [-0.05, 0) is 37.3 Å². The highest BCUT2D eigenvalue weighted by Crippen LogP contribution is 2.42. The summed E-state index contributed by atoms with van der Waals surface area (Å²) in [6, 6.07) is 3.60. The molecule has 0 aliphatic heterocycles. The molecule has 0 aromatic heterocycles. The molecule has 116 valence electrons. The van der Waals surface area contributed by atoms with E-state index in [2.05, 4.69) is 6.08 Å². The second kappa shape index (κ2) is 7.71. The van der Waals surface area contributed by atoms with Crippen LogP contribution in [0.25, 0.3) is 0 Å². The molecule has 1 N–H and O–H groups in total. The highest BCUT2D eigenvalue weighted by molar-refractivity contribution is 6.33. The lowest BCUT2D eigenvalue weighted by Crippen LogP contribution is -2.05. The summed E-state index contributed by atoms with van der Waals surface area (Å²) in [5.41, 5.74) is 1.74. The van der Waals surface area contributed by atoms with Gasteiger partial charge in [0.15, 0.2) is 11.5 Å². The lowest BCUT2D eigenvalue weighted by Gasteiger charge is -2.20. The predicted molar refractivity (Wildman–Crippen MR) is 85.3 cm³/mol. The van der Waals surface area contributed by atoms with Crippen LogP contribution >= 0.6 is 11.6 Å². The van der Waals surface area contributed by atoms with Crippen molar-refractivity contribution >= 4 is 11.6 Å². The van der Waals surface area contributed by atoms with Crippen LogP contribution in [-0.2, 0) is 0 Å². The van der Waals surface area contributed by atoms with Crippen molar-refractivity contribution in [1.29, 1.82) is 0 Å². The topological polar surface area (TPSA) is 38.7 Å². The standard InChI is InChI=1S/C17H23ClO3/c1-20-14-11-10-13(15(18)17(14)21-2)16(19)12-8-6-4-3-5-7-9-12/h8,10-11,16,19H,3-7,9H2,1-2H3/b12-8+. The first kappa shape index (κ1) is 16.2. The Balaban J connectivity index is 2.31. The van der Waals surface area contributed by atoms with Crippen molar-refractivity contribution in [2.24, 2.45) is 0 Å². The molecule has 0 saturated heterocycles. The highest BCUT2D eigenvalue weighted by atomic mass is 35.5. The minimum absolute atomic E-state index is 0.423. The van der Waals surface area contributed by atoms with Crippen molar-refractivity contribution in [2.75, 3.05) is 14.2 Å². The highest BCUT2D eigenvalue weighted by Gasteiger charge is 2.21. The summed E-state index contributed by atoms with van der Waals surface area (Å²) in [5.74, 6) is 1.05. The molecule has 0 saturated carbocycles. The second-order valence-electron chi connectivity index (χ2n) is 5.34.